The van der Waals surface area contributed by atoms with Gasteiger partial charge in [0.1, 0.15) is 6.04 Å². The number of benzene rings is 1. The van der Waals surface area contributed by atoms with Crippen molar-refractivity contribution in [2.24, 2.45) is 0 Å². The summed E-state index contributed by atoms with van der Waals surface area (Å²) in [6.45, 7) is 4.11. The van der Waals surface area contributed by atoms with Gasteiger partial charge in [0.25, 0.3) is 5.91 Å². The number of hydrogen-bond acceptors (Lipinski definition) is 3. The van der Waals surface area contributed by atoms with E-state index in [9.17, 15) is 9.59 Å². The lowest BCUT2D eigenvalue weighted by molar-refractivity contribution is -0.126. The van der Waals surface area contributed by atoms with Gasteiger partial charge in [0.15, 0.2) is 0 Å². The molecule has 0 spiro atoms. The van der Waals surface area contributed by atoms with Gasteiger partial charge in [0, 0.05) is 40.7 Å². The van der Waals surface area contributed by atoms with E-state index >= 15 is 0 Å². The Morgan fingerprint density at radius 2 is 2.00 bits per heavy atom. The quantitative estimate of drug-likeness (QED) is 0.786. The molecular weight excluding hydrogens is 402 g/mol. The maximum absolute atomic E-state index is 12.7. The lowest BCUT2D eigenvalue weighted by Crippen LogP contribution is -2.59. The molecule has 0 aliphatic carbocycles. The van der Waals surface area contributed by atoms with Crippen molar-refractivity contribution in [3.05, 3.63) is 32.7 Å². The Bertz CT molecular complexity index is 531. The summed E-state index contributed by atoms with van der Waals surface area (Å²) in [5.74, 6) is -0.248. The normalized spacial score (nSPS) is 18.4. The molecule has 1 unspecified atom stereocenters. The van der Waals surface area contributed by atoms with Crippen LogP contribution in [-0.2, 0) is 4.79 Å². The van der Waals surface area contributed by atoms with Crippen molar-refractivity contribution in [2.75, 3.05) is 26.2 Å². The van der Waals surface area contributed by atoms with Crippen LogP contribution in [0.3, 0.4) is 0 Å². The molecular formula is C14H17Br2N3O2. The van der Waals surface area contributed by atoms with Gasteiger partial charge >= 0.3 is 0 Å². The molecule has 1 saturated heterocycles. The first kappa shape index (κ1) is 16.5. The number of nitrogens with one attached hydrogen (secondary N) is 2. The minimum absolute atomic E-state index is 0.118. The minimum atomic E-state index is -0.469. The topological polar surface area (TPSA) is 61.4 Å². The molecule has 0 saturated carbocycles. The van der Waals surface area contributed by atoms with Crippen LogP contribution in [0, 0.1) is 0 Å². The number of carbonyl (C=O) groups is 2. The molecule has 21 heavy (non-hydrogen) atoms. The summed E-state index contributed by atoms with van der Waals surface area (Å²) in [6, 6.07) is 4.94. The average molecular weight is 419 g/mol. The van der Waals surface area contributed by atoms with Crippen molar-refractivity contribution in [1.29, 1.82) is 0 Å². The second-order valence-corrected chi connectivity index (χ2v) is 6.60. The maximum Gasteiger partial charge on any atom is 0.254 e. The van der Waals surface area contributed by atoms with Crippen LogP contribution >= 0.6 is 31.9 Å². The molecule has 0 bridgehead atoms. The smallest absolute Gasteiger partial charge is 0.254 e. The summed E-state index contributed by atoms with van der Waals surface area (Å²) in [5, 5.41) is 5.94. The van der Waals surface area contributed by atoms with Gasteiger partial charge in [-0.25, -0.2) is 0 Å². The molecule has 2 amide bonds. The largest absolute Gasteiger partial charge is 0.355 e. The van der Waals surface area contributed by atoms with Crippen LogP contribution in [0.2, 0.25) is 0 Å². The Kier molecular flexibility index (Phi) is 5.78. The number of carbonyl (C=O) groups excluding carboxylic acids is 2. The third kappa shape index (κ3) is 4.05. The fraction of sp³-hybridized carbons (Fsp3) is 0.429. The summed E-state index contributed by atoms with van der Waals surface area (Å²) >= 11 is 6.76. The standard InChI is InChI=1S/C14H17Br2N3O2/c1-2-18-13(20)12-8-17-3-4-19(12)14(21)9-5-10(15)7-11(16)6-9/h5-7,12,17H,2-4,8H2,1H3,(H,18,20). The van der Waals surface area contributed by atoms with E-state index in [4.69, 9.17) is 0 Å². The van der Waals surface area contributed by atoms with Crippen molar-refractivity contribution in [3.8, 4) is 0 Å². The fourth-order valence-corrected chi connectivity index (χ4v) is 3.61. The van der Waals surface area contributed by atoms with Crippen molar-refractivity contribution >= 4 is 43.7 Å². The fourth-order valence-electron chi connectivity index (χ4n) is 2.32. The van der Waals surface area contributed by atoms with Crippen molar-refractivity contribution < 1.29 is 9.59 Å². The lowest BCUT2D eigenvalue weighted by atomic mass is 10.1. The number of hydrogen-bond donors (Lipinski definition) is 2. The van der Waals surface area contributed by atoms with Gasteiger partial charge in [-0.2, -0.15) is 0 Å². The zero-order valence-electron chi connectivity index (χ0n) is 11.7. The molecule has 0 radical (unpaired) electrons. The van der Waals surface area contributed by atoms with Crippen LogP contribution < -0.4 is 10.6 Å². The van der Waals surface area contributed by atoms with Gasteiger partial charge < -0.3 is 15.5 Å². The Morgan fingerprint density at radius 3 is 2.62 bits per heavy atom. The molecule has 1 aromatic rings. The molecule has 1 aliphatic rings. The molecule has 1 aromatic carbocycles. The van der Waals surface area contributed by atoms with Crippen molar-refractivity contribution in [3.63, 3.8) is 0 Å². The Hall–Kier alpha value is -0.920. The summed E-state index contributed by atoms with van der Waals surface area (Å²) in [7, 11) is 0. The SMILES string of the molecule is CCNC(=O)C1CNCCN1C(=O)c1cc(Br)cc(Br)c1. The third-order valence-electron chi connectivity index (χ3n) is 3.27. The van der Waals surface area contributed by atoms with Gasteiger partial charge in [-0.3, -0.25) is 9.59 Å². The van der Waals surface area contributed by atoms with Gasteiger partial charge in [-0.1, -0.05) is 31.9 Å². The van der Waals surface area contributed by atoms with Crippen LogP contribution in [0.5, 0.6) is 0 Å². The van der Waals surface area contributed by atoms with E-state index in [1.807, 2.05) is 13.0 Å². The first-order valence-corrected chi connectivity index (χ1v) is 8.37. The van der Waals surface area contributed by atoms with E-state index < -0.39 is 6.04 Å². The number of halogens is 2. The highest BCUT2D eigenvalue weighted by atomic mass is 79.9. The van der Waals surface area contributed by atoms with Crippen LogP contribution in [0.4, 0.5) is 0 Å². The minimum Gasteiger partial charge on any atom is -0.355 e. The molecule has 1 fully saturated rings. The van der Waals surface area contributed by atoms with E-state index in [1.165, 1.54) is 0 Å². The molecule has 1 atom stereocenters. The van der Waals surface area contributed by atoms with E-state index in [0.29, 0.717) is 31.7 Å². The predicted octanol–water partition coefficient (Wildman–Crippen LogP) is 1.76. The van der Waals surface area contributed by atoms with Crippen LogP contribution in [0.1, 0.15) is 17.3 Å². The van der Waals surface area contributed by atoms with Crippen LogP contribution in [0.15, 0.2) is 27.1 Å². The summed E-state index contributed by atoms with van der Waals surface area (Å²) < 4.78 is 1.65. The molecule has 7 heteroatoms. The van der Waals surface area contributed by atoms with E-state index in [2.05, 4.69) is 42.5 Å². The van der Waals surface area contributed by atoms with Gasteiger partial charge in [-0.15, -0.1) is 0 Å². The Morgan fingerprint density at radius 1 is 1.33 bits per heavy atom. The van der Waals surface area contributed by atoms with E-state index in [-0.39, 0.29) is 11.8 Å². The highest BCUT2D eigenvalue weighted by Crippen LogP contribution is 2.22. The number of rotatable bonds is 3. The monoisotopic (exact) mass is 417 g/mol. The summed E-state index contributed by atoms with van der Waals surface area (Å²) in [6.07, 6.45) is 0. The molecule has 5 nitrogen and oxygen atoms in total. The summed E-state index contributed by atoms with van der Waals surface area (Å²) in [5.41, 5.74) is 0.562. The number of piperazine rings is 1. The van der Waals surface area contributed by atoms with Crippen molar-refractivity contribution in [2.45, 2.75) is 13.0 Å². The third-order valence-corrected chi connectivity index (χ3v) is 4.18. The van der Waals surface area contributed by atoms with Gasteiger partial charge in [0.2, 0.25) is 5.91 Å². The maximum atomic E-state index is 12.7. The first-order chi connectivity index (χ1) is 10.0. The Labute approximate surface area is 140 Å². The lowest BCUT2D eigenvalue weighted by Gasteiger charge is -2.35. The zero-order valence-corrected chi connectivity index (χ0v) is 14.8. The van der Waals surface area contributed by atoms with E-state index in [1.54, 1.807) is 17.0 Å². The molecule has 0 aromatic heterocycles. The number of likely N-dealkylation sites (N-methyl/N-ethyl adjacent to an activating group) is 1. The van der Waals surface area contributed by atoms with E-state index in [0.717, 1.165) is 8.95 Å². The van der Waals surface area contributed by atoms with Gasteiger partial charge in [0.05, 0.1) is 0 Å². The molecule has 2 rings (SSSR count). The number of nitrogens with zero attached hydrogens (tertiary/aromatic N) is 1. The van der Waals surface area contributed by atoms with Crippen molar-refractivity contribution in [1.82, 2.24) is 15.5 Å². The molecule has 1 aliphatic heterocycles. The van der Waals surface area contributed by atoms with Crippen LogP contribution in [-0.4, -0.2) is 48.9 Å². The summed E-state index contributed by atoms with van der Waals surface area (Å²) in [4.78, 5) is 26.4. The molecule has 1 heterocycles. The second kappa shape index (κ2) is 7.38. The van der Waals surface area contributed by atoms with Crippen LogP contribution in [0.25, 0.3) is 0 Å². The molecule has 2 N–H and O–H groups in total. The average Bonchev–Trinajstić information content (AvgIpc) is 2.45. The zero-order chi connectivity index (χ0) is 15.4. The first-order valence-electron chi connectivity index (χ1n) is 6.78. The Balaban J connectivity index is 2.24. The number of amides is 2. The highest BCUT2D eigenvalue weighted by molar-refractivity contribution is 9.11. The second-order valence-electron chi connectivity index (χ2n) is 4.77. The highest BCUT2D eigenvalue weighted by Gasteiger charge is 2.32. The molecule has 114 valence electrons. The van der Waals surface area contributed by atoms with Gasteiger partial charge in [-0.05, 0) is 25.1 Å². The predicted molar refractivity (Wildman–Crippen MR) is 88.2 cm³/mol.